The standard InChI is InChI=1S/C30H33NO2/c1-20(23-10-15-26-27(19-23)30(4,5)17-16-29(26,2)3)18-21-6-8-22(9-7-21)28(32)33-25-13-11-24(31)12-14-25/h6-15,18-19H,16-17,31H2,1-5H3/b20-18+. The lowest BCUT2D eigenvalue weighted by Crippen LogP contribution is -2.33. The molecule has 0 radical (unpaired) electrons. The fourth-order valence-corrected chi connectivity index (χ4v) is 4.58. The molecule has 170 valence electrons. The van der Waals surface area contributed by atoms with E-state index in [9.17, 15) is 4.79 Å². The zero-order chi connectivity index (χ0) is 23.8. The summed E-state index contributed by atoms with van der Waals surface area (Å²) in [4.78, 5) is 12.4. The molecule has 3 nitrogen and oxygen atoms in total. The van der Waals surface area contributed by atoms with E-state index in [-0.39, 0.29) is 16.8 Å². The number of hydrogen-bond acceptors (Lipinski definition) is 3. The van der Waals surface area contributed by atoms with Gasteiger partial charge >= 0.3 is 5.97 Å². The number of benzene rings is 3. The van der Waals surface area contributed by atoms with Crippen molar-refractivity contribution in [3.8, 4) is 5.75 Å². The SMILES string of the molecule is C/C(=C\c1ccc(C(=O)Oc2ccc(N)cc2)cc1)c1ccc2c(c1)C(C)(C)CCC2(C)C. The second kappa shape index (κ2) is 8.55. The van der Waals surface area contributed by atoms with Crippen LogP contribution in [0.5, 0.6) is 5.75 Å². The highest BCUT2D eigenvalue weighted by Crippen LogP contribution is 2.46. The maximum absolute atomic E-state index is 12.4. The number of carbonyl (C=O) groups excluding carboxylic acids is 1. The maximum atomic E-state index is 12.4. The average Bonchev–Trinajstić information content (AvgIpc) is 2.79. The molecule has 0 bridgehead atoms. The number of nitrogen functional groups attached to an aromatic ring is 1. The molecule has 3 aromatic carbocycles. The second-order valence-electron chi connectivity index (χ2n) is 10.4. The summed E-state index contributed by atoms with van der Waals surface area (Å²) in [5, 5.41) is 0. The van der Waals surface area contributed by atoms with Gasteiger partial charge < -0.3 is 10.5 Å². The third kappa shape index (κ3) is 4.88. The Kier molecular flexibility index (Phi) is 5.92. The van der Waals surface area contributed by atoms with Crippen LogP contribution in [0.25, 0.3) is 11.6 Å². The Morgan fingerprint density at radius 1 is 0.818 bits per heavy atom. The molecule has 0 unspecified atom stereocenters. The van der Waals surface area contributed by atoms with E-state index in [0.29, 0.717) is 17.0 Å². The zero-order valence-corrected chi connectivity index (χ0v) is 20.2. The van der Waals surface area contributed by atoms with Crippen LogP contribution >= 0.6 is 0 Å². The third-order valence-corrected chi connectivity index (χ3v) is 6.93. The normalized spacial score (nSPS) is 16.7. The Balaban J connectivity index is 1.53. The molecule has 1 aliphatic rings. The first-order chi connectivity index (χ1) is 15.5. The Hall–Kier alpha value is -3.33. The summed E-state index contributed by atoms with van der Waals surface area (Å²) in [5.41, 5.74) is 13.7. The van der Waals surface area contributed by atoms with Gasteiger partial charge in [0.2, 0.25) is 0 Å². The molecule has 0 amide bonds. The number of hydrogen-bond donors (Lipinski definition) is 1. The molecule has 2 N–H and O–H groups in total. The molecular weight excluding hydrogens is 406 g/mol. The van der Waals surface area contributed by atoms with Crippen molar-refractivity contribution in [3.63, 3.8) is 0 Å². The molecule has 0 fully saturated rings. The van der Waals surface area contributed by atoms with Gasteiger partial charge in [-0.25, -0.2) is 4.79 Å². The van der Waals surface area contributed by atoms with Crippen LogP contribution in [0.4, 0.5) is 5.69 Å². The number of rotatable bonds is 4. The quantitative estimate of drug-likeness (QED) is 0.199. The van der Waals surface area contributed by atoms with Gasteiger partial charge in [0.15, 0.2) is 0 Å². The van der Waals surface area contributed by atoms with Gasteiger partial charge in [-0.05, 0) is 94.8 Å². The lowest BCUT2D eigenvalue weighted by atomic mass is 9.63. The number of anilines is 1. The molecule has 0 heterocycles. The summed E-state index contributed by atoms with van der Waals surface area (Å²) in [6.07, 6.45) is 4.58. The topological polar surface area (TPSA) is 52.3 Å². The van der Waals surface area contributed by atoms with E-state index in [1.807, 2.05) is 12.1 Å². The van der Waals surface area contributed by atoms with Gasteiger partial charge in [-0.2, -0.15) is 0 Å². The molecular formula is C30H33NO2. The van der Waals surface area contributed by atoms with Gasteiger partial charge in [0, 0.05) is 5.69 Å². The summed E-state index contributed by atoms with van der Waals surface area (Å²) in [5.74, 6) is 0.0964. The summed E-state index contributed by atoms with van der Waals surface area (Å²) >= 11 is 0. The molecule has 1 aliphatic carbocycles. The Bertz CT molecular complexity index is 1200. The number of esters is 1. The van der Waals surface area contributed by atoms with Crippen molar-refractivity contribution in [1.82, 2.24) is 0 Å². The van der Waals surface area contributed by atoms with E-state index < -0.39 is 0 Å². The van der Waals surface area contributed by atoms with Gasteiger partial charge in [0.05, 0.1) is 5.56 Å². The monoisotopic (exact) mass is 439 g/mol. The summed E-state index contributed by atoms with van der Waals surface area (Å²) < 4.78 is 5.42. The molecule has 0 saturated carbocycles. The Labute approximate surface area is 197 Å². The molecule has 0 atom stereocenters. The van der Waals surface area contributed by atoms with Gasteiger partial charge in [-0.3, -0.25) is 0 Å². The van der Waals surface area contributed by atoms with Crippen LogP contribution in [0.3, 0.4) is 0 Å². The first kappa shape index (κ1) is 22.8. The number of carbonyl (C=O) groups is 1. The highest BCUT2D eigenvalue weighted by Gasteiger charge is 2.36. The van der Waals surface area contributed by atoms with Crippen molar-refractivity contribution < 1.29 is 9.53 Å². The zero-order valence-electron chi connectivity index (χ0n) is 20.2. The van der Waals surface area contributed by atoms with Crippen LogP contribution in [0, 0.1) is 0 Å². The van der Waals surface area contributed by atoms with Crippen LogP contribution < -0.4 is 10.5 Å². The van der Waals surface area contributed by atoms with Crippen molar-refractivity contribution >= 4 is 23.3 Å². The first-order valence-electron chi connectivity index (χ1n) is 11.6. The van der Waals surface area contributed by atoms with Gasteiger partial charge in [0.25, 0.3) is 0 Å². The number of nitrogens with two attached hydrogens (primary N) is 1. The van der Waals surface area contributed by atoms with Gasteiger partial charge in [0.1, 0.15) is 5.75 Å². The largest absolute Gasteiger partial charge is 0.423 e. The smallest absolute Gasteiger partial charge is 0.343 e. The summed E-state index contributed by atoms with van der Waals surface area (Å²) in [7, 11) is 0. The summed E-state index contributed by atoms with van der Waals surface area (Å²) in [6, 6.07) is 21.2. The highest BCUT2D eigenvalue weighted by atomic mass is 16.5. The second-order valence-corrected chi connectivity index (χ2v) is 10.4. The van der Waals surface area contributed by atoms with Crippen LogP contribution in [-0.4, -0.2) is 5.97 Å². The molecule has 3 heteroatoms. The van der Waals surface area contributed by atoms with Crippen LogP contribution in [0.2, 0.25) is 0 Å². The van der Waals surface area contributed by atoms with Crippen molar-refractivity contribution in [2.45, 2.75) is 58.3 Å². The number of ether oxygens (including phenoxy) is 1. The highest BCUT2D eigenvalue weighted by molar-refractivity contribution is 5.91. The van der Waals surface area contributed by atoms with E-state index in [4.69, 9.17) is 10.5 Å². The number of allylic oxidation sites excluding steroid dienone is 1. The molecule has 0 spiro atoms. The summed E-state index contributed by atoms with van der Waals surface area (Å²) in [6.45, 7) is 11.6. The molecule has 0 aliphatic heterocycles. The van der Waals surface area contributed by atoms with Crippen LogP contribution in [0.1, 0.15) is 80.1 Å². The predicted molar refractivity (Wildman–Crippen MR) is 138 cm³/mol. The molecule has 3 aromatic rings. The van der Waals surface area contributed by atoms with E-state index in [2.05, 4.69) is 58.9 Å². The van der Waals surface area contributed by atoms with Gasteiger partial charge in [-0.1, -0.05) is 64.1 Å². The van der Waals surface area contributed by atoms with Crippen molar-refractivity contribution in [2.75, 3.05) is 5.73 Å². The fraction of sp³-hybridized carbons (Fsp3) is 0.300. The van der Waals surface area contributed by atoms with Crippen molar-refractivity contribution in [1.29, 1.82) is 0 Å². The predicted octanol–water partition coefficient (Wildman–Crippen LogP) is 7.40. The van der Waals surface area contributed by atoms with E-state index in [0.717, 1.165) is 5.56 Å². The minimum absolute atomic E-state index is 0.188. The minimum atomic E-state index is -0.383. The third-order valence-electron chi connectivity index (χ3n) is 6.93. The Morgan fingerprint density at radius 2 is 1.39 bits per heavy atom. The van der Waals surface area contributed by atoms with E-state index in [1.54, 1.807) is 36.4 Å². The van der Waals surface area contributed by atoms with Crippen molar-refractivity contribution in [2.24, 2.45) is 0 Å². The first-order valence-corrected chi connectivity index (χ1v) is 11.6. The number of fused-ring (bicyclic) bond motifs is 1. The average molecular weight is 440 g/mol. The van der Waals surface area contributed by atoms with Crippen LogP contribution in [-0.2, 0) is 10.8 Å². The lowest BCUT2D eigenvalue weighted by Gasteiger charge is -2.42. The van der Waals surface area contributed by atoms with Crippen LogP contribution in [0.15, 0.2) is 66.7 Å². The Morgan fingerprint density at radius 3 is 2.03 bits per heavy atom. The van der Waals surface area contributed by atoms with Crippen molar-refractivity contribution in [3.05, 3.63) is 94.5 Å². The van der Waals surface area contributed by atoms with E-state index in [1.165, 1.54) is 35.1 Å². The van der Waals surface area contributed by atoms with Gasteiger partial charge in [-0.15, -0.1) is 0 Å². The molecule has 33 heavy (non-hydrogen) atoms. The van der Waals surface area contributed by atoms with E-state index >= 15 is 0 Å². The molecule has 0 saturated heterocycles. The lowest BCUT2D eigenvalue weighted by molar-refractivity contribution is 0.0735. The maximum Gasteiger partial charge on any atom is 0.343 e. The molecule has 4 rings (SSSR count). The fourth-order valence-electron chi connectivity index (χ4n) is 4.58. The molecule has 0 aromatic heterocycles. The minimum Gasteiger partial charge on any atom is -0.423 e.